The molecule has 0 spiro atoms. The predicted octanol–water partition coefficient (Wildman–Crippen LogP) is 12.9. The number of fused-ring (bicyclic) bond motifs is 15. The molecule has 10 rings (SSSR count). The van der Waals surface area contributed by atoms with Crippen LogP contribution in [0.2, 0.25) is 0 Å². The highest BCUT2D eigenvalue weighted by atomic mass is 16.6. The average Bonchev–Trinajstić information content (AvgIpc) is 4.12. The summed E-state index contributed by atoms with van der Waals surface area (Å²) in [7, 11) is 0. The predicted molar refractivity (Wildman–Crippen MR) is 277 cm³/mol. The maximum Gasteiger partial charge on any atom is 0.312 e. The molecule has 2 aliphatic heterocycles. The number of rotatable bonds is 10. The van der Waals surface area contributed by atoms with Crippen LogP contribution >= 0.6 is 0 Å². The van der Waals surface area contributed by atoms with Crippen molar-refractivity contribution in [3.8, 4) is 0 Å². The molecule has 8 saturated carbocycles. The summed E-state index contributed by atoms with van der Waals surface area (Å²) in [5.74, 6) is 6.82. The topological polar surface area (TPSA) is 158 Å². The van der Waals surface area contributed by atoms with Crippen molar-refractivity contribution in [2.75, 3.05) is 6.61 Å². The van der Waals surface area contributed by atoms with Gasteiger partial charge in [0.05, 0.1) is 29.6 Å². The summed E-state index contributed by atoms with van der Waals surface area (Å²) >= 11 is 0. The summed E-state index contributed by atoms with van der Waals surface area (Å²) in [6.07, 6.45) is 16.0. The van der Waals surface area contributed by atoms with Crippen LogP contribution in [0.4, 0.5) is 0 Å². The molecule has 2 heterocycles. The SMILES string of the molecule is C.C.C.C.C.C.CC(=O)OC(C)(C)C.CCC(C)C(=O)OC1C2CC3C(=O)OC1C3C2.CCC(C)C(=O)OC1CC2CC1C1C3CCC(C3)C21.CCC(C)C(=O)OCC1C(=O)OC2CC1C1CCCC21. The van der Waals surface area contributed by atoms with Gasteiger partial charge in [-0.25, -0.2) is 0 Å². The number of esters is 6. The Kier molecular flexibility index (Phi) is 24.7. The minimum Gasteiger partial charge on any atom is -0.465 e. The van der Waals surface area contributed by atoms with Crippen LogP contribution in [0.3, 0.4) is 0 Å². The molecule has 408 valence electrons. The number of hydrogen-bond donors (Lipinski definition) is 0. The quantitative estimate of drug-likeness (QED) is 0.116. The molecule has 0 aromatic carbocycles. The Morgan fingerprint density at radius 1 is 0.586 bits per heavy atom. The van der Waals surface area contributed by atoms with Crippen LogP contribution in [0.1, 0.15) is 204 Å². The van der Waals surface area contributed by atoms with E-state index in [9.17, 15) is 28.8 Å². The fourth-order valence-electron chi connectivity index (χ4n) is 14.3. The zero-order valence-corrected chi connectivity index (χ0v) is 40.6. The lowest BCUT2D eigenvalue weighted by molar-refractivity contribution is -0.168. The maximum atomic E-state index is 12.1. The van der Waals surface area contributed by atoms with Gasteiger partial charge in [0.25, 0.3) is 0 Å². The molecule has 8 bridgehead atoms. The Balaban J connectivity index is 0.000000470. The van der Waals surface area contributed by atoms with Gasteiger partial charge < -0.3 is 28.4 Å². The molecule has 0 aromatic rings. The van der Waals surface area contributed by atoms with E-state index in [1.165, 1.54) is 58.3 Å². The van der Waals surface area contributed by atoms with Crippen molar-refractivity contribution in [2.24, 2.45) is 94.7 Å². The van der Waals surface area contributed by atoms with E-state index >= 15 is 0 Å². The third kappa shape index (κ3) is 13.5. The highest BCUT2D eigenvalue weighted by molar-refractivity contribution is 5.78. The molecular weight excluding hydrogens is 889 g/mol. The van der Waals surface area contributed by atoms with Gasteiger partial charge >= 0.3 is 35.8 Å². The van der Waals surface area contributed by atoms with Gasteiger partial charge in [-0.1, -0.05) is 92.5 Å². The Bertz CT molecular complexity index is 1720. The summed E-state index contributed by atoms with van der Waals surface area (Å²) in [6.45, 7) is 18.9. The molecule has 0 radical (unpaired) electrons. The van der Waals surface area contributed by atoms with Gasteiger partial charge in [-0.2, -0.15) is 0 Å². The summed E-state index contributed by atoms with van der Waals surface area (Å²) in [5, 5.41) is 0. The summed E-state index contributed by atoms with van der Waals surface area (Å²) < 4.78 is 32.5. The fraction of sp³-hybridized carbons (Fsp3) is 0.897. The third-order valence-corrected chi connectivity index (χ3v) is 17.7. The second-order valence-electron chi connectivity index (χ2n) is 22.7. The molecule has 20 atom stereocenters. The molecular formula is C58H104O12. The number of ether oxygens (including phenoxy) is 6. The molecule has 8 aliphatic carbocycles. The zero-order chi connectivity index (χ0) is 46.4. The molecule has 10 aliphatic rings. The fourth-order valence-corrected chi connectivity index (χ4v) is 14.3. The molecule has 2 saturated heterocycles. The first-order chi connectivity index (χ1) is 30.3. The van der Waals surface area contributed by atoms with Crippen molar-refractivity contribution in [1.82, 2.24) is 0 Å². The minimum atomic E-state index is -0.328. The van der Waals surface area contributed by atoms with Crippen LogP contribution in [-0.2, 0) is 57.2 Å². The van der Waals surface area contributed by atoms with Crippen LogP contribution in [0.5, 0.6) is 0 Å². The van der Waals surface area contributed by atoms with E-state index in [-0.39, 0.29) is 147 Å². The van der Waals surface area contributed by atoms with Crippen molar-refractivity contribution >= 4 is 35.8 Å². The third-order valence-electron chi connectivity index (χ3n) is 17.7. The van der Waals surface area contributed by atoms with Crippen LogP contribution in [0, 0.1) is 94.7 Å². The molecule has 20 unspecified atom stereocenters. The van der Waals surface area contributed by atoms with Crippen LogP contribution in [-0.4, -0.2) is 72.4 Å². The van der Waals surface area contributed by atoms with Gasteiger partial charge in [0.15, 0.2) is 0 Å². The Morgan fingerprint density at radius 2 is 1.14 bits per heavy atom. The second-order valence-corrected chi connectivity index (χ2v) is 22.7. The Labute approximate surface area is 426 Å². The molecule has 12 heteroatoms. The lowest BCUT2D eigenvalue weighted by Crippen LogP contribution is -2.38. The van der Waals surface area contributed by atoms with Gasteiger partial charge in [0.1, 0.15) is 36.6 Å². The van der Waals surface area contributed by atoms with Gasteiger partial charge in [0.2, 0.25) is 0 Å². The standard InChI is InChI=1S/C17H26O2.C16H24O4.C13H18O4.C6H12O2.6CH4/c1-3-9(2)17(18)19-14-8-12-7-13(14)16-11-5-4-10(6-11)15(12)16;1-3-9(2)15(17)19-8-13-12-7-14(20-16(13)18)11-6-4-5-10(11)12;1-3-6(2)12(14)16-10-7-4-8-9(5-7)13(15)17-11(8)10;1-5(7)8-6(2,3)4;;;;;;/h9-16H,3-8H2,1-2H3;9-14H,3-8H2,1-2H3;6-11H,3-5H2,1-2H3;1-4H3;6*1H4. The number of hydrogen-bond acceptors (Lipinski definition) is 12. The number of carbonyl (C=O) groups is 6. The lowest BCUT2D eigenvalue weighted by Gasteiger charge is -2.38. The minimum absolute atomic E-state index is 0. The summed E-state index contributed by atoms with van der Waals surface area (Å²) in [4.78, 5) is 69.5. The monoisotopic (exact) mass is 993 g/mol. The first-order valence-electron chi connectivity index (χ1n) is 25.5. The van der Waals surface area contributed by atoms with Crippen molar-refractivity contribution in [1.29, 1.82) is 0 Å². The zero-order valence-electron chi connectivity index (χ0n) is 40.6. The van der Waals surface area contributed by atoms with E-state index in [2.05, 4.69) is 6.92 Å². The maximum absolute atomic E-state index is 12.1. The van der Waals surface area contributed by atoms with Gasteiger partial charge in [-0.05, 0) is 158 Å². The van der Waals surface area contributed by atoms with Crippen LogP contribution < -0.4 is 0 Å². The first kappa shape index (κ1) is 64.8. The molecule has 70 heavy (non-hydrogen) atoms. The van der Waals surface area contributed by atoms with Gasteiger partial charge in [-0.3, -0.25) is 28.8 Å². The molecule has 0 N–H and O–H groups in total. The van der Waals surface area contributed by atoms with E-state index in [4.69, 9.17) is 28.4 Å². The molecule has 12 nitrogen and oxygen atoms in total. The van der Waals surface area contributed by atoms with E-state index in [0.29, 0.717) is 29.6 Å². The van der Waals surface area contributed by atoms with Crippen molar-refractivity contribution in [3.05, 3.63) is 0 Å². The van der Waals surface area contributed by atoms with E-state index < -0.39 is 0 Å². The van der Waals surface area contributed by atoms with Crippen molar-refractivity contribution < 1.29 is 57.2 Å². The smallest absolute Gasteiger partial charge is 0.312 e. The van der Waals surface area contributed by atoms with Crippen molar-refractivity contribution in [3.63, 3.8) is 0 Å². The van der Waals surface area contributed by atoms with Gasteiger partial charge in [0, 0.05) is 18.8 Å². The summed E-state index contributed by atoms with van der Waals surface area (Å²) in [6, 6.07) is 0. The molecule has 0 aromatic heterocycles. The van der Waals surface area contributed by atoms with E-state index in [1.54, 1.807) is 0 Å². The van der Waals surface area contributed by atoms with Crippen LogP contribution in [0.25, 0.3) is 0 Å². The molecule has 0 amide bonds. The number of carbonyl (C=O) groups excluding carboxylic acids is 6. The van der Waals surface area contributed by atoms with Crippen molar-refractivity contribution in [2.45, 2.75) is 234 Å². The second kappa shape index (κ2) is 26.7. The summed E-state index contributed by atoms with van der Waals surface area (Å²) in [5.41, 5.74) is -0.328. The average molecular weight is 993 g/mol. The highest BCUT2D eigenvalue weighted by Gasteiger charge is 2.64. The first-order valence-corrected chi connectivity index (χ1v) is 25.5. The Hall–Kier alpha value is -3.18. The molecule has 10 fully saturated rings. The Morgan fingerprint density at radius 3 is 1.71 bits per heavy atom. The lowest BCUT2D eigenvalue weighted by atomic mass is 9.70. The normalized spacial score (nSPS) is 37.3. The largest absolute Gasteiger partial charge is 0.465 e. The van der Waals surface area contributed by atoms with Crippen LogP contribution in [0.15, 0.2) is 0 Å². The van der Waals surface area contributed by atoms with E-state index in [1.807, 2.05) is 55.4 Å². The van der Waals surface area contributed by atoms with E-state index in [0.717, 1.165) is 74.0 Å². The highest BCUT2D eigenvalue weighted by Crippen LogP contribution is 2.68. The van der Waals surface area contributed by atoms with Gasteiger partial charge in [-0.15, -0.1) is 0 Å².